The number of hydrogen-bond acceptors (Lipinski definition) is 3. The van der Waals surface area contributed by atoms with Crippen molar-refractivity contribution in [2.75, 3.05) is 12.3 Å². The fraction of sp³-hybridized carbons (Fsp3) is 0.188. The van der Waals surface area contributed by atoms with Crippen molar-refractivity contribution in [2.24, 2.45) is 0 Å². The topological polar surface area (TPSA) is 55.1 Å². The Labute approximate surface area is 123 Å². The van der Waals surface area contributed by atoms with E-state index in [1.54, 1.807) is 23.9 Å². The molecule has 0 aliphatic heterocycles. The molecule has 3 N–H and O–H groups in total. The molecule has 2 rings (SSSR count). The van der Waals surface area contributed by atoms with Gasteiger partial charge in [-0.2, -0.15) is 0 Å². The van der Waals surface area contributed by atoms with E-state index in [2.05, 4.69) is 36.5 Å². The lowest BCUT2D eigenvalue weighted by Gasteiger charge is -2.08. The SMILES string of the molecule is CCNC(=O)c1ccc(N)c(Sc2ccc(C)cc2)c1. The Hall–Kier alpha value is -1.94. The third-order valence-electron chi connectivity index (χ3n) is 2.86. The Kier molecular flexibility index (Phi) is 4.69. The summed E-state index contributed by atoms with van der Waals surface area (Å²) in [5.41, 5.74) is 8.53. The van der Waals surface area contributed by atoms with Crippen LogP contribution in [0.15, 0.2) is 52.3 Å². The van der Waals surface area contributed by atoms with Gasteiger partial charge in [-0.25, -0.2) is 0 Å². The maximum atomic E-state index is 11.8. The Morgan fingerprint density at radius 3 is 2.55 bits per heavy atom. The Balaban J connectivity index is 2.24. The van der Waals surface area contributed by atoms with Crippen LogP contribution in [0, 0.1) is 6.92 Å². The van der Waals surface area contributed by atoms with Crippen molar-refractivity contribution in [1.29, 1.82) is 0 Å². The molecule has 0 aromatic heterocycles. The average Bonchev–Trinajstić information content (AvgIpc) is 2.44. The number of benzene rings is 2. The molecule has 0 atom stereocenters. The molecule has 104 valence electrons. The van der Waals surface area contributed by atoms with Crippen molar-refractivity contribution in [2.45, 2.75) is 23.6 Å². The van der Waals surface area contributed by atoms with Crippen LogP contribution < -0.4 is 11.1 Å². The Morgan fingerprint density at radius 1 is 1.20 bits per heavy atom. The van der Waals surface area contributed by atoms with Gasteiger partial charge in [-0.3, -0.25) is 4.79 Å². The zero-order chi connectivity index (χ0) is 14.5. The van der Waals surface area contributed by atoms with Crippen LogP contribution in [0.5, 0.6) is 0 Å². The van der Waals surface area contributed by atoms with E-state index in [-0.39, 0.29) is 5.91 Å². The fourth-order valence-electron chi connectivity index (χ4n) is 1.76. The van der Waals surface area contributed by atoms with E-state index in [0.717, 1.165) is 9.79 Å². The summed E-state index contributed by atoms with van der Waals surface area (Å²) in [6.45, 7) is 4.57. The second-order valence-corrected chi connectivity index (χ2v) is 5.64. The van der Waals surface area contributed by atoms with E-state index in [4.69, 9.17) is 5.73 Å². The van der Waals surface area contributed by atoms with Crippen LogP contribution >= 0.6 is 11.8 Å². The molecule has 0 aliphatic rings. The van der Waals surface area contributed by atoms with E-state index in [0.29, 0.717) is 17.8 Å². The van der Waals surface area contributed by atoms with E-state index >= 15 is 0 Å². The summed E-state index contributed by atoms with van der Waals surface area (Å²) in [5.74, 6) is -0.0711. The van der Waals surface area contributed by atoms with Crippen LogP contribution in [-0.4, -0.2) is 12.5 Å². The summed E-state index contributed by atoms with van der Waals surface area (Å²) in [6.07, 6.45) is 0. The second-order valence-electron chi connectivity index (χ2n) is 4.53. The van der Waals surface area contributed by atoms with Gasteiger partial charge in [0.05, 0.1) is 0 Å². The van der Waals surface area contributed by atoms with Crippen LogP contribution in [0.25, 0.3) is 0 Å². The molecule has 0 bridgehead atoms. The number of rotatable bonds is 4. The standard InChI is InChI=1S/C16H18N2OS/c1-3-18-16(19)12-6-9-14(17)15(10-12)20-13-7-4-11(2)5-8-13/h4-10H,3,17H2,1-2H3,(H,18,19). The Morgan fingerprint density at radius 2 is 1.90 bits per heavy atom. The first-order valence-corrected chi connectivity index (χ1v) is 7.34. The van der Waals surface area contributed by atoms with Crippen LogP contribution in [0.3, 0.4) is 0 Å². The summed E-state index contributed by atoms with van der Waals surface area (Å²) in [7, 11) is 0. The summed E-state index contributed by atoms with van der Waals surface area (Å²) >= 11 is 1.57. The minimum atomic E-state index is -0.0711. The molecule has 0 unspecified atom stereocenters. The third-order valence-corrected chi connectivity index (χ3v) is 3.94. The number of carbonyl (C=O) groups excluding carboxylic acids is 1. The largest absolute Gasteiger partial charge is 0.398 e. The van der Waals surface area contributed by atoms with Gasteiger partial charge in [0, 0.05) is 27.6 Å². The lowest BCUT2D eigenvalue weighted by Crippen LogP contribution is -2.22. The predicted octanol–water partition coefficient (Wildman–Crippen LogP) is 3.48. The van der Waals surface area contributed by atoms with Crippen LogP contribution in [0.2, 0.25) is 0 Å². The number of hydrogen-bond donors (Lipinski definition) is 2. The van der Waals surface area contributed by atoms with Crippen molar-refractivity contribution in [3.05, 3.63) is 53.6 Å². The van der Waals surface area contributed by atoms with Gasteiger partial charge in [0.2, 0.25) is 0 Å². The minimum absolute atomic E-state index is 0.0711. The number of anilines is 1. The molecule has 0 saturated carbocycles. The fourth-order valence-corrected chi connectivity index (χ4v) is 2.66. The lowest BCUT2D eigenvalue weighted by molar-refractivity contribution is 0.0955. The van der Waals surface area contributed by atoms with Gasteiger partial charge in [0.25, 0.3) is 5.91 Å². The van der Waals surface area contributed by atoms with Gasteiger partial charge in [0.15, 0.2) is 0 Å². The molecular weight excluding hydrogens is 268 g/mol. The zero-order valence-corrected chi connectivity index (χ0v) is 12.5. The number of nitrogens with two attached hydrogens (primary N) is 1. The highest BCUT2D eigenvalue weighted by molar-refractivity contribution is 7.99. The first-order chi connectivity index (χ1) is 9.60. The summed E-state index contributed by atoms with van der Waals surface area (Å²) in [5, 5.41) is 2.79. The maximum Gasteiger partial charge on any atom is 0.251 e. The molecule has 0 saturated heterocycles. The molecule has 0 fully saturated rings. The summed E-state index contributed by atoms with van der Waals surface area (Å²) in [6, 6.07) is 13.6. The molecule has 2 aromatic rings. The van der Waals surface area contributed by atoms with Crippen molar-refractivity contribution in [3.8, 4) is 0 Å². The van der Waals surface area contributed by atoms with Gasteiger partial charge in [-0.1, -0.05) is 29.5 Å². The highest BCUT2D eigenvalue weighted by atomic mass is 32.2. The molecule has 0 heterocycles. The molecule has 20 heavy (non-hydrogen) atoms. The molecule has 2 aromatic carbocycles. The zero-order valence-electron chi connectivity index (χ0n) is 11.6. The first kappa shape index (κ1) is 14.5. The second kappa shape index (κ2) is 6.48. The lowest BCUT2D eigenvalue weighted by atomic mass is 10.2. The monoisotopic (exact) mass is 286 g/mol. The smallest absolute Gasteiger partial charge is 0.251 e. The first-order valence-electron chi connectivity index (χ1n) is 6.52. The van der Waals surface area contributed by atoms with Crippen LogP contribution in [0.1, 0.15) is 22.8 Å². The van der Waals surface area contributed by atoms with E-state index in [1.807, 2.05) is 13.0 Å². The van der Waals surface area contributed by atoms with Crippen molar-refractivity contribution >= 4 is 23.4 Å². The normalized spacial score (nSPS) is 10.3. The van der Waals surface area contributed by atoms with Gasteiger partial charge in [-0.15, -0.1) is 0 Å². The quantitative estimate of drug-likeness (QED) is 0.846. The van der Waals surface area contributed by atoms with E-state index in [1.165, 1.54) is 5.56 Å². The van der Waals surface area contributed by atoms with Crippen LogP contribution in [-0.2, 0) is 0 Å². The van der Waals surface area contributed by atoms with Gasteiger partial charge in [0.1, 0.15) is 0 Å². The molecule has 1 amide bonds. The van der Waals surface area contributed by atoms with Gasteiger partial charge >= 0.3 is 0 Å². The molecule has 3 nitrogen and oxygen atoms in total. The minimum Gasteiger partial charge on any atom is -0.398 e. The molecule has 0 spiro atoms. The van der Waals surface area contributed by atoms with Crippen LogP contribution in [0.4, 0.5) is 5.69 Å². The van der Waals surface area contributed by atoms with E-state index < -0.39 is 0 Å². The summed E-state index contributed by atoms with van der Waals surface area (Å²) < 4.78 is 0. The predicted molar refractivity (Wildman–Crippen MR) is 84.2 cm³/mol. The highest BCUT2D eigenvalue weighted by Crippen LogP contribution is 2.32. The van der Waals surface area contributed by atoms with Gasteiger partial charge < -0.3 is 11.1 Å². The number of nitrogens with one attached hydrogen (secondary N) is 1. The molecule has 4 heteroatoms. The maximum absolute atomic E-state index is 11.8. The van der Waals surface area contributed by atoms with Crippen molar-refractivity contribution in [3.63, 3.8) is 0 Å². The number of carbonyl (C=O) groups is 1. The van der Waals surface area contributed by atoms with Crippen molar-refractivity contribution in [1.82, 2.24) is 5.32 Å². The van der Waals surface area contributed by atoms with Gasteiger partial charge in [-0.05, 0) is 44.2 Å². The van der Waals surface area contributed by atoms with Crippen molar-refractivity contribution < 1.29 is 4.79 Å². The average molecular weight is 286 g/mol. The Bertz CT molecular complexity index is 608. The van der Waals surface area contributed by atoms with E-state index in [9.17, 15) is 4.79 Å². The number of amides is 1. The number of nitrogen functional groups attached to an aromatic ring is 1. The molecule has 0 radical (unpaired) electrons. The highest BCUT2D eigenvalue weighted by Gasteiger charge is 2.08. The number of aryl methyl sites for hydroxylation is 1. The third kappa shape index (κ3) is 3.54. The molecule has 0 aliphatic carbocycles. The molecular formula is C16H18N2OS. The summed E-state index contributed by atoms with van der Waals surface area (Å²) in [4.78, 5) is 13.9.